The van der Waals surface area contributed by atoms with E-state index in [2.05, 4.69) is 5.32 Å². The maximum absolute atomic E-state index is 12.8. The Balaban J connectivity index is 1.63. The second-order valence-corrected chi connectivity index (χ2v) is 7.94. The van der Waals surface area contributed by atoms with E-state index in [0.717, 1.165) is 23.4 Å². The number of hydrogen-bond donors (Lipinski definition) is 1. The van der Waals surface area contributed by atoms with E-state index >= 15 is 0 Å². The molecule has 2 aromatic carbocycles. The normalized spacial score (nSPS) is 27.6. The molecule has 0 saturated carbocycles. The summed E-state index contributed by atoms with van der Waals surface area (Å²) >= 11 is 1.74. The highest BCUT2D eigenvalue weighted by Gasteiger charge is 2.72. The van der Waals surface area contributed by atoms with Crippen LogP contribution in [0.15, 0.2) is 60.7 Å². The highest BCUT2D eigenvalue weighted by Crippen LogP contribution is 2.59. The van der Waals surface area contributed by atoms with E-state index in [1.54, 1.807) is 11.8 Å². The lowest BCUT2D eigenvalue weighted by Gasteiger charge is -2.60. The molecule has 25 heavy (non-hydrogen) atoms. The second-order valence-electron chi connectivity index (χ2n) is 6.65. The van der Waals surface area contributed by atoms with E-state index in [9.17, 15) is 9.59 Å². The number of carbonyl (C=O) groups excluding carboxylic acids is 2. The van der Waals surface area contributed by atoms with Gasteiger partial charge in [-0.2, -0.15) is 0 Å². The summed E-state index contributed by atoms with van der Waals surface area (Å²) in [4.78, 5) is 26.9. The molecule has 0 bridgehead atoms. The Bertz CT molecular complexity index is 811. The molecule has 0 aliphatic carbocycles. The predicted molar refractivity (Wildman–Crippen MR) is 99.0 cm³/mol. The van der Waals surface area contributed by atoms with Gasteiger partial charge in [0.1, 0.15) is 4.87 Å². The first-order valence-corrected chi connectivity index (χ1v) is 9.43. The Morgan fingerprint density at radius 1 is 1.12 bits per heavy atom. The van der Waals surface area contributed by atoms with Crippen LogP contribution in [-0.4, -0.2) is 34.6 Å². The number of β-lactam (4-membered cyclic amide) rings is 1. The summed E-state index contributed by atoms with van der Waals surface area (Å²) in [5, 5.41) is 3.05. The average molecular weight is 352 g/mol. The van der Waals surface area contributed by atoms with E-state index in [0.29, 0.717) is 0 Å². The minimum Gasteiger partial charge on any atom is -0.339 e. The average Bonchev–Trinajstić information content (AvgIpc) is 3.06. The molecule has 2 aromatic rings. The van der Waals surface area contributed by atoms with Crippen molar-refractivity contribution in [3.05, 3.63) is 71.8 Å². The molecule has 5 heteroatoms. The van der Waals surface area contributed by atoms with Crippen molar-refractivity contribution in [3.8, 4) is 0 Å². The molecule has 2 aliphatic heterocycles. The molecular weight excluding hydrogens is 332 g/mol. The first-order chi connectivity index (χ1) is 12.1. The summed E-state index contributed by atoms with van der Waals surface area (Å²) in [5.74, 6) is 0.761. The van der Waals surface area contributed by atoms with Gasteiger partial charge in [0, 0.05) is 12.3 Å². The van der Waals surface area contributed by atoms with Crippen molar-refractivity contribution >= 4 is 23.6 Å². The molecule has 0 radical (unpaired) electrons. The Hall–Kier alpha value is -2.27. The minimum absolute atomic E-state index is 0.00256. The number of benzene rings is 2. The van der Waals surface area contributed by atoms with E-state index in [-0.39, 0.29) is 18.2 Å². The molecule has 0 spiro atoms. The molecule has 2 amide bonds. The van der Waals surface area contributed by atoms with Gasteiger partial charge in [-0.1, -0.05) is 60.7 Å². The van der Waals surface area contributed by atoms with Crippen LogP contribution in [0.5, 0.6) is 0 Å². The molecule has 0 aromatic heterocycles. The van der Waals surface area contributed by atoms with Gasteiger partial charge in [-0.3, -0.25) is 9.59 Å². The Morgan fingerprint density at radius 2 is 1.76 bits per heavy atom. The standard InChI is InChI=1S/C20H20N2O2S/c1-19(21-17(23)14-15-8-4-2-5-9-15)18(24)22-12-13-25-20(19,22)16-10-6-3-7-11-16/h2-11H,12-14H2,1H3,(H,21,23)/t19-,20+/m1/s1. The number of hydrogen-bond acceptors (Lipinski definition) is 3. The van der Waals surface area contributed by atoms with E-state index in [1.165, 1.54) is 0 Å². The van der Waals surface area contributed by atoms with Gasteiger partial charge >= 0.3 is 0 Å². The number of rotatable bonds is 4. The summed E-state index contributed by atoms with van der Waals surface area (Å²) in [7, 11) is 0. The fourth-order valence-electron chi connectivity index (χ4n) is 3.98. The topological polar surface area (TPSA) is 49.4 Å². The zero-order valence-corrected chi connectivity index (χ0v) is 14.9. The SMILES string of the molecule is C[C@@]1(NC(=O)Cc2ccccc2)C(=O)N2CCS[C@]21c1ccccc1. The molecule has 1 N–H and O–H groups in total. The van der Waals surface area contributed by atoms with Gasteiger partial charge in [-0.25, -0.2) is 0 Å². The fraction of sp³-hybridized carbons (Fsp3) is 0.300. The molecule has 2 saturated heterocycles. The van der Waals surface area contributed by atoms with Gasteiger partial charge in [0.15, 0.2) is 5.54 Å². The van der Waals surface area contributed by atoms with Gasteiger partial charge < -0.3 is 10.2 Å². The van der Waals surface area contributed by atoms with Crippen LogP contribution in [0.25, 0.3) is 0 Å². The lowest BCUT2D eigenvalue weighted by atomic mass is 9.75. The van der Waals surface area contributed by atoms with Crippen LogP contribution in [0.1, 0.15) is 18.1 Å². The molecule has 0 unspecified atom stereocenters. The predicted octanol–water partition coefficient (Wildman–Crippen LogP) is 2.55. The monoisotopic (exact) mass is 352 g/mol. The number of fused-ring (bicyclic) bond motifs is 1. The Kier molecular flexibility index (Phi) is 3.84. The van der Waals surface area contributed by atoms with Crippen LogP contribution in [-0.2, 0) is 20.9 Å². The molecule has 2 atom stereocenters. The highest BCUT2D eigenvalue weighted by molar-refractivity contribution is 8.00. The number of thioether (sulfide) groups is 1. The number of nitrogens with one attached hydrogen (secondary N) is 1. The van der Waals surface area contributed by atoms with Gasteiger partial charge in [0.05, 0.1) is 6.42 Å². The van der Waals surface area contributed by atoms with Crippen LogP contribution >= 0.6 is 11.8 Å². The van der Waals surface area contributed by atoms with Crippen molar-refractivity contribution < 1.29 is 9.59 Å². The van der Waals surface area contributed by atoms with Crippen molar-refractivity contribution in [1.82, 2.24) is 10.2 Å². The van der Waals surface area contributed by atoms with Crippen molar-refractivity contribution in [3.63, 3.8) is 0 Å². The fourth-order valence-corrected chi connectivity index (χ4v) is 5.60. The molecule has 4 rings (SSSR count). The smallest absolute Gasteiger partial charge is 0.253 e. The van der Waals surface area contributed by atoms with Crippen LogP contribution in [0.4, 0.5) is 0 Å². The Morgan fingerprint density at radius 3 is 2.44 bits per heavy atom. The van der Waals surface area contributed by atoms with E-state index < -0.39 is 10.4 Å². The number of nitrogens with zero attached hydrogens (tertiary/aromatic N) is 1. The summed E-state index contributed by atoms with van der Waals surface area (Å²) in [6, 6.07) is 19.6. The first kappa shape index (κ1) is 16.2. The molecule has 2 heterocycles. The summed E-state index contributed by atoms with van der Waals surface area (Å²) < 4.78 is 0. The molecule has 4 nitrogen and oxygen atoms in total. The lowest BCUT2D eigenvalue weighted by Crippen LogP contribution is -2.81. The summed E-state index contributed by atoms with van der Waals surface area (Å²) in [6.45, 7) is 2.59. The van der Waals surface area contributed by atoms with Gasteiger partial charge in [-0.15, -0.1) is 11.8 Å². The van der Waals surface area contributed by atoms with Crippen molar-refractivity contribution in [2.75, 3.05) is 12.3 Å². The minimum atomic E-state index is -0.915. The molecule has 2 aliphatic rings. The third-order valence-corrected chi connectivity index (χ3v) is 6.79. The van der Waals surface area contributed by atoms with Gasteiger partial charge in [-0.05, 0) is 18.1 Å². The molecule has 128 valence electrons. The lowest BCUT2D eigenvalue weighted by molar-refractivity contribution is -0.167. The maximum atomic E-state index is 12.8. The zero-order chi connectivity index (χ0) is 17.5. The van der Waals surface area contributed by atoms with Crippen molar-refractivity contribution in [1.29, 1.82) is 0 Å². The third-order valence-electron chi connectivity index (χ3n) is 5.12. The zero-order valence-electron chi connectivity index (χ0n) is 14.1. The van der Waals surface area contributed by atoms with Gasteiger partial charge in [0.25, 0.3) is 5.91 Å². The van der Waals surface area contributed by atoms with Crippen LogP contribution in [0.2, 0.25) is 0 Å². The van der Waals surface area contributed by atoms with E-state index in [4.69, 9.17) is 0 Å². The summed E-state index contributed by atoms with van der Waals surface area (Å²) in [6.07, 6.45) is 0.277. The quantitative estimate of drug-likeness (QED) is 0.861. The second kappa shape index (κ2) is 5.92. The van der Waals surface area contributed by atoms with Crippen molar-refractivity contribution in [2.45, 2.75) is 23.8 Å². The maximum Gasteiger partial charge on any atom is 0.253 e. The third kappa shape index (κ3) is 2.29. The largest absolute Gasteiger partial charge is 0.339 e. The molecule has 2 fully saturated rings. The number of carbonyl (C=O) groups is 2. The Labute approximate surface area is 151 Å². The van der Waals surface area contributed by atoms with Crippen LogP contribution < -0.4 is 5.32 Å². The molecular formula is C20H20N2O2S. The van der Waals surface area contributed by atoms with E-state index in [1.807, 2.05) is 72.5 Å². The summed E-state index contributed by atoms with van der Waals surface area (Å²) in [5.41, 5.74) is 1.10. The van der Waals surface area contributed by atoms with Crippen molar-refractivity contribution in [2.24, 2.45) is 0 Å². The van der Waals surface area contributed by atoms with Crippen LogP contribution in [0.3, 0.4) is 0 Å². The van der Waals surface area contributed by atoms with Crippen LogP contribution in [0, 0.1) is 0 Å². The number of amides is 2. The highest BCUT2D eigenvalue weighted by atomic mass is 32.2. The van der Waals surface area contributed by atoms with Gasteiger partial charge in [0.2, 0.25) is 5.91 Å². The first-order valence-electron chi connectivity index (χ1n) is 8.44.